The zero-order chi connectivity index (χ0) is 77.6. The van der Waals surface area contributed by atoms with Crippen molar-refractivity contribution in [2.75, 3.05) is 6.54 Å². The van der Waals surface area contributed by atoms with E-state index in [2.05, 4.69) is 341 Å². The van der Waals surface area contributed by atoms with Crippen molar-refractivity contribution in [2.24, 2.45) is 0 Å². The normalized spacial score (nSPS) is 13.4. The number of hydrogen-bond donors (Lipinski definition) is 7. The lowest BCUT2D eigenvalue weighted by Crippen LogP contribution is -2.33. The van der Waals surface area contributed by atoms with Gasteiger partial charge in [0.1, 0.15) is 5.60 Å². The highest BCUT2D eigenvalue weighted by atomic mass is 16.6. The third-order valence-corrected chi connectivity index (χ3v) is 20.5. The topological polar surface area (TPSA) is 157 Å². The summed E-state index contributed by atoms with van der Waals surface area (Å²) >= 11 is 0. The number of nitriles is 1. The van der Waals surface area contributed by atoms with Gasteiger partial charge in [-0.2, -0.15) is 5.26 Å². The number of carbonyl (C=O) groups excluding carboxylic acids is 1. The Morgan fingerprint density at radius 2 is 0.762 bits per heavy atom. The molecule has 1 amide bonds. The molecule has 0 radical (unpaired) electrons. The SMILES string of the molecule is CC(C)(C)OC(=O)NCCc1c[nH]c2cc(C(C)(C)C)ccc12.CC(C)(C)c1ccc2c(C(C)(C)C)c[nH]c2c1.CC(C)(C)c1ccc2c(C3CCCC3)c[nH]c2c1.CC(C)(C)c1ccc2c(CC#N)c[nH]c2c1.CC(C)c1c[nH]c2cc(C(C)(C)C)ccc12.CCc1c[nH]c2cc(C(C)(C)C)ccc12. The smallest absolute Gasteiger partial charge is 0.407 e. The molecule has 0 saturated heterocycles. The van der Waals surface area contributed by atoms with Crippen molar-refractivity contribution >= 4 is 71.5 Å². The van der Waals surface area contributed by atoms with Crippen molar-refractivity contribution in [1.29, 1.82) is 5.26 Å². The van der Waals surface area contributed by atoms with Crippen LogP contribution in [0.5, 0.6) is 0 Å². The fourth-order valence-electron chi connectivity index (χ4n) is 13.8. The number of rotatable bonds is 7. The summed E-state index contributed by atoms with van der Waals surface area (Å²) in [6.45, 7) is 59.9. The van der Waals surface area contributed by atoms with Crippen LogP contribution in [0.2, 0.25) is 0 Å². The lowest BCUT2D eigenvalue weighted by molar-refractivity contribution is 0.0528. The predicted molar refractivity (Wildman–Crippen MR) is 453 cm³/mol. The van der Waals surface area contributed by atoms with Crippen LogP contribution in [-0.2, 0) is 61.9 Å². The predicted octanol–water partition coefficient (Wildman–Crippen LogP) is 26.6. The number of amides is 1. The van der Waals surface area contributed by atoms with Crippen LogP contribution >= 0.6 is 0 Å². The molecule has 0 bridgehead atoms. The maximum atomic E-state index is 11.7. The molecular weight excluding hydrogens is 1290 g/mol. The number of carbonyl (C=O) groups is 1. The Kier molecular flexibility index (Phi) is 25.4. The van der Waals surface area contributed by atoms with Gasteiger partial charge in [-0.25, -0.2) is 4.79 Å². The van der Waals surface area contributed by atoms with Crippen LogP contribution < -0.4 is 5.32 Å². The number of benzene rings is 6. The van der Waals surface area contributed by atoms with Crippen molar-refractivity contribution in [2.45, 2.75) is 287 Å². The zero-order valence-corrected chi connectivity index (χ0v) is 69.4. The number of hydrogen-bond acceptors (Lipinski definition) is 3. The highest BCUT2D eigenvalue weighted by molar-refractivity contribution is 5.88. The van der Waals surface area contributed by atoms with Crippen LogP contribution in [0, 0.1) is 11.3 Å². The van der Waals surface area contributed by atoms with Gasteiger partial charge in [-0.05, 0) is 199 Å². The van der Waals surface area contributed by atoms with E-state index in [9.17, 15) is 4.79 Å². The molecule has 7 N–H and O–H groups in total. The molecule has 0 atom stereocenters. The first kappa shape index (κ1) is 82.0. The van der Waals surface area contributed by atoms with Crippen LogP contribution in [-0.4, -0.2) is 48.1 Å². The Labute approximate surface area is 630 Å². The lowest BCUT2D eigenvalue weighted by atomic mass is 9.84. The molecule has 6 aromatic carbocycles. The minimum atomic E-state index is -0.464. The second kappa shape index (κ2) is 32.6. The van der Waals surface area contributed by atoms with Gasteiger partial charge in [-0.15, -0.1) is 0 Å². The first-order valence-corrected chi connectivity index (χ1v) is 38.8. The molecule has 6 heterocycles. The fraction of sp³-hybridized carbons (Fsp3) is 0.474. The van der Waals surface area contributed by atoms with E-state index in [1.165, 1.54) is 130 Å². The zero-order valence-electron chi connectivity index (χ0n) is 69.4. The summed E-state index contributed by atoms with van der Waals surface area (Å²) in [6.07, 6.45) is 20.1. The summed E-state index contributed by atoms with van der Waals surface area (Å²) in [4.78, 5) is 31.9. The van der Waals surface area contributed by atoms with Crippen LogP contribution in [0.3, 0.4) is 0 Å². The molecule has 10 nitrogen and oxygen atoms in total. The first-order chi connectivity index (χ1) is 48.7. The van der Waals surface area contributed by atoms with Crippen molar-refractivity contribution in [1.82, 2.24) is 35.2 Å². The molecule has 13 rings (SSSR count). The third kappa shape index (κ3) is 21.5. The molecule has 105 heavy (non-hydrogen) atoms. The number of aryl methyl sites for hydroxylation is 1. The Bertz CT molecular complexity index is 4890. The standard InChI is InChI=1S/C19H28N2O2.C17H23N.C16H23N.C15H21N.C14H16N2.C14H19N/c1-18(2,3)14-7-8-15-13(12-21-16(15)11-14)9-10-20-17(22)23-19(4,5)6;1-17(2,3)13-8-9-14-15(11-18-16(14)10-13)12-6-4-5-7-12;1-15(2,3)11-7-8-12-13(16(4,5)6)10-17-14(12)9-11;1-10(2)13-9-16-14-8-11(15(3,4)5)6-7-12(13)14;1-14(2,3)11-4-5-12-10(6-7-15)9-16-13(12)8-11;1-5-10-9-15-13-8-11(14(2,3)4)6-7-12(10)13/h7-8,11-12,21H,9-10H2,1-6H3,(H,20,22);8-12,18H,4-7H2,1-3H3;7-10,17H,1-6H3;6-10,16H,1-5H3;4-5,8-9,16H,6H2,1-3H3;6-9,15H,5H2,1-4H3. The molecule has 1 aliphatic carbocycles. The van der Waals surface area contributed by atoms with Gasteiger partial charge in [-0.1, -0.05) is 252 Å². The molecule has 10 heteroatoms. The number of nitrogens with one attached hydrogen (secondary N) is 7. The summed E-state index contributed by atoms with van der Waals surface area (Å²) < 4.78 is 5.24. The summed E-state index contributed by atoms with van der Waals surface area (Å²) in [5.41, 5.74) is 24.5. The molecular formula is C95H130N8O2. The summed E-state index contributed by atoms with van der Waals surface area (Å²) in [6, 6.07) is 42.5. The molecule has 1 fully saturated rings. The molecule has 1 saturated carbocycles. The summed E-state index contributed by atoms with van der Waals surface area (Å²) in [5.74, 6) is 1.37. The lowest BCUT2D eigenvalue weighted by Gasteiger charge is -2.20. The average Bonchev–Trinajstić information content (AvgIpc) is 1.66. The highest BCUT2D eigenvalue weighted by Crippen LogP contribution is 2.40. The monoisotopic (exact) mass is 1420 g/mol. The average molecular weight is 1420 g/mol. The van der Waals surface area contributed by atoms with E-state index in [4.69, 9.17) is 10.00 Å². The van der Waals surface area contributed by atoms with Crippen molar-refractivity contribution in [3.05, 3.63) is 213 Å². The van der Waals surface area contributed by atoms with Gasteiger partial charge in [0, 0.05) is 109 Å². The maximum Gasteiger partial charge on any atom is 0.407 e. The molecule has 0 unspecified atom stereocenters. The van der Waals surface area contributed by atoms with Gasteiger partial charge in [-0.3, -0.25) is 0 Å². The second-order valence-electron chi connectivity index (χ2n) is 37.9. The Morgan fingerprint density at radius 3 is 1.16 bits per heavy atom. The van der Waals surface area contributed by atoms with E-state index >= 15 is 0 Å². The van der Waals surface area contributed by atoms with Gasteiger partial charge in [0.25, 0.3) is 0 Å². The van der Waals surface area contributed by atoms with Gasteiger partial charge in [0.05, 0.1) is 12.5 Å². The molecule has 6 aromatic heterocycles. The van der Waals surface area contributed by atoms with Crippen molar-refractivity contribution < 1.29 is 9.53 Å². The highest BCUT2D eigenvalue weighted by Gasteiger charge is 2.25. The number of fused-ring (bicyclic) bond motifs is 6. The van der Waals surface area contributed by atoms with Crippen LogP contribution in [0.25, 0.3) is 65.4 Å². The van der Waals surface area contributed by atoms with E-state index in [1.807, 2.05) is 33.2 Å². The van der Waals surface area contributed by atoms with Crippen LogP contribution in [0.15, 0.2) is 146 Å². The number of H-pyrrole nitrogens is 6. The van der Waals surface area contributed by atoms with Gasteiger partial charge >= 0.3 is 6.09 Å². The number of alkyl carbamates (subject to hydrolysis) is 1. The molecule has 562 valence electrons. The van der Waals surface area contributed by atoms with Crippen molar-refractivity contribution in [3.8, 4) is 6.07 Å². The number of aromatic nitrogens is 6. The first-order valence-electron chi connectivity index (χ1n) is 38.8. The third-order valence-electron chi connectivity index (χ3n) is 20.5. The van der Waals surface area contributed by atoms with Gasteiger partial charge in [0.15, 0.2) is 0 Å². The number of aromatic amines is 6. The van der Waals surface area contributed by atoms with Crippen LogP contribution in [0.4, 0.5) is 4.79 Å². The summed E-state index contributed by atoms with van der Waals surface area (Å²) in [7, 11) is 0. The molecule has 1 aliphatic rings. The molecule has 12 aromatic rings. The largest absolute Gasteiger partial charge is 0.444 e. The van der Waals surface area contributed by atoms with E-state index in [1.54, 1.807) is 5.56 Å². The Hall–Kier alpha value is -8.68. The Balaban J connectivity index is 0.000000160. The molecule has 0 aliphatic heterocycles. The fourth-order valence-corrected chi connectivity index (χ4v) is 13.8. The van der Waals surface area contributed by atoms with Crippen molar-refractivity contribution in [3.63, 3.8) is 0 Å². The van der Waals surface area contributed by atoms with Gasteiger partial charge in [0.2, 0.25) is 0 Å². The van der Waals surface area contributed by atoms with E-state index in [0.29, 0.717) is 18.9 Å². The second-order valence-corrected chi connectivity index (χ2v) is 37.9. The van der Waals surface area contributed by atoms with E-state index < -0.39 is 5.60 Å². The van der Waals surface area contributed by atoms with E-state index in [-0.39, 0.29) is 44.0 Å². The summed E-state index contributed by atoms with van der Waals surface area (Å²) in [5, 5.41) is 19.4. The van der Waals surface area contributed by atoms with Crippen LogP contribution in [0.1, 0.15) is 291 Å². The minimum Gasteiger partial charge on any atom is -0.444 e. The Morgan fingerprint density at radius 1 is 0.429 bits per heavy atom. The van der Waals surface area contributed by atoms with E-state index in [0.717, 1.165) is 40.7 Å². The minimum absolute atomic E-state index is 0.137. The number of ether oxygens (including phenoxy) is 1. The number of nitrogens with zero attached hydrogens (tertiary/aromatic N) is 1. The maximum absolute atomic E-state index is 11.7. The quantitative estimate of drug-likeness (QED) is 0.0849. The van der Waals surface area contributed by atoms with Gasteiger partial charge < -0.3 is 40.0 Å². The molecule has 0 spiro atoms.